The normalized spacial score (nSPS) is 10.2. The number of carbonyl (C=O) groups is 2. The molecule has 0 atom stereocenters. The van der Waals surface area contributed by atoms with E-state index in [0.29, 0.717) is 21.9 Å². The summed E-state index contributed by atoms with van der Waals surface area (Å²) in [4.78, 5) is 28.3. The van der Waals surface area contributed by atoms with Crippen molar-refractivity contribution >= 4 is 56.6 Å². The van der Waals surface area contributed by atoms with Gasteiger partial charge in [0.15, 0.2) is 5.13 Å². The van der Waals surface area contributed by atoms with Crippen molar-refractivity contribution in [1.29, 1.82) is 0 Å². The Morgan fingerprint density at radius 1 is 0.958 bits per heavy atom. The third-order valence-electron chi connectivity index (χ3n) is 3.14. The van der Waals surface area contributed by atoms with E-state index in [1.165, 1.54) is 11.3 Å². The van der Waals surface area contributed by atoms with Gasteiger partial charge in [-0.25, -0.2) is 4.98 Å². The molecule has 3 rings (SSSR count). The number of carbonyl (C=O) groups excluding carboxylic acids is 2. The molecule has 24 heavy (non-hydrogen) atoms. The lowest BCUT2D eigenvalue weighted by Crippen LogP contribution is -2.13. The molecule has 5 nitrogen and oxygen atoms in total. The highest BCUT2D eigenvalue weighted by Crippen LogP contribution is 2.15. The average molecular weight is 449 g/mol. The molecule has 2 amide bonds. The molecule has 120 valence electrons. The predicted octanol–water partition coefficient (Wildman–Crippen LogP) is 4.25. The van der Waals surface area contributed by atoms with E-state index >= 15 is 0 Å². The molecule has 0 fully saturated rings. The Hall–Kier alpha value is -2.26. The zero-order valence-electron chi connectivity index (χ0n) is 12.3. The number of hydrogen-bond acceptors (Lipinski definition) is 4. The molecule has 0 saturated heterocycles. The van der Waals surface area contributed by atoms with Crippen LogP contribution in [0.1, 0.15) is 20.7 Å². The van der Waals surface area contributed by atoms with Crippen LogP contribution in [0.15, 0.2) is 60.1 Å². The van der Waals surface area contributed by atoms with Crippen molar-refractivity contribution in [2.24, 2.45) is 0 Å². The summed E-state index contributed by atoms with van der Waals surface area (Å²) in [6, 6.07) is 14.0. The highest BCUT2D eigenvalue weighted by Gasteiger charge is 2.09. The third kappa shape index (κ3) is 4.18. The van der Waals surface area contributed by atoms with Gasteiger partial charge in [0.25, 0.3) is 11.8 Å². The fourth-order valence-corrected chi connectivity index (χ4v) is 3.06. The first-order chi connectivity index (χ1) is 11.6. The maximum Gasteiger partial charge on any atom is 0.257 e. The summed E-state index contributed by atoms with van der Waals surface area (Å²) in [6.45, 7) is 0. The SMILES string of the molecule is O=C(Nc1ccc(C(=O)Nc2nccs2)cc1)c1cccc(I)c1. The summed E-state index contributed by atoms with van der Waals surface area (Å²) in [5, 5.41) is 7.87. The van der Waals surface area contributed by atoms with Crippen LogP contribution >= 0.6 is 33.9 Å². The Labute approximate surface area is 156 Å². The number of hydrogen-bond donors (Lipinski definition) is 2. The zero-order valence-corrected chi connectivity index (χ0v) is 15.3. The van der Waals surface area contributed by atoms with Crippen molar-refractivity contribution < 1.29 is 9.59 Å². The van der Waals surface area contributed by atoms with E-state index in [1.54, 1.807) is 41.9 Å². The maximum absolute atomic E-state index is 12.2. The topological polar surface area (TPSA) is 71.1 Å². The van der Waals surface area contributed by atoms with Crippen molar-refractivity contribution in [1.82, 2.24) is 4.98 Å². The summed E-state index contributed by atoms with van der Waals surface area (Å²) in [7, 11) is 0. The van der Waals surface area contributed by atoms with Crippen LogP contribution in [0.3, 0.4) is 0 Å². The van der Waals surface area contributed by atoms with Crippen LogP contribution in [0.2, 0.25) is 0 Å². The van der Waals surface area contributed by atoms with Crippen LogP contribution < -0.4 is 10.6 Å². The molecule has 0 aliphatic rings. The van der Waals surface area contributed by atoms with Crippen molar-refractivity contribution in [3.8, 4) is 0 Å². The molecule has 7 heteroatoms. The number of rotatable bonds is 4. The van der Waals surface area contributed by atoms with Crippen LogP contribution in [0.25, 0.3) is 0 Å². The highest BCUT2D eigenvalue weighted by atomic mass is 127. The highest BCUT2D eigenvalue weighted by molar-refractivity contribution is 14.1. The first-order valence-corrected chi connectivity index (χ1v) is 8.95. The smallest absolute Gasteiger partial charge is 0.257 e. The van der Waals surface area contributed by atoms with Gasteiger partial charge in [-0.2, -0.15) is 0 Å². The lowest BCUT2D eigenvalue weighted by atomic mass is 10.1. The van der Waals surface area contributed by atoms with E-state index in [1.807, 2.05) is 18.2 Å². The van der Waals surface area contributed by atoms with Gasteiger partial charge in [0.05, 0.1) is 0 Å². The van der Waals surface area contributed by atoms with Gasteiger partial charge >= 0.3 is 0 Å². The number of anilines is 2. The van der Waals surface area contributed by atoms with Gasteiger partial charge in [-0.1, -0.05) is 6.07 Å². The number of benzene rings is 2. The summed E-state index contributed by atoms with van der Waals surface area (Å²) < 4.78 is 0.995. The van der Waals surface area contributed by atoms with Gasteiger partial charge in [-0.3, -0.25) is 14.9 Å². The molecule has 1 aromatic heterocycles. The first-order valence-electron chi connectivity index (χ1n) is 6.99. The second kappa shape index (κ2) is 7.54. The van der Waals surface area contributed by atoms with E-state index in [4.69, 9.17) is 0 Å². The van der Waals surface area contributed by atoms with Gasteiger partial charge in [0, 0.05) is 32.0 Å². The van der Waals surface area contributed by atoms with Crippen molar-refractivity contribution in [2.45, 2.75) is 0 Å². The largest absolute Gasteiger partial charge is 0.322 e. The quantitative estimate of drug-likeness (QED) is 0.586. The van der Waals surface area contributed by atoms with E-state index in [2.05, 4.69) is 38.2 Å². The molecule has 2 N–H and O–H groups in total. The standard InChI is InChI=1S/C17H12IN3O2S/c18-13-3-1-2-12(10-13)16(23)20-14-6-4-11(5-7-14)15(22)21-17-19-8-9-24-17/h1-10H,(H,20,23)(H,19,21,22). The molecule has 0 bridgehead atoms. The lowest BCUT2D eigenvalue weighted by Gasteiger charge is -2.07. The van der Waals surface area contributed by atoms with Crippen molar-refractivity contribution in [3.05, 3.63) is 74.8 Å². The van der Waals surface area contributed by atoms with Crippen LogP contribution in [0, 0.1) is 3.57 Å². The maximum atomic E-state index is 12.2. The Bertz CT molecular complexity index is 864. The Balaban J connectivity index is 1.66. The molecule has 3 aromatic rings. The van der Waals surface area contributed by atoms with Crippen LogP contribution in [-0.2, 0) is 0 Å². The number of nitrogens with one attached hydrogen (secondary N) is 2. The summed E-state index contributed by atoms with van der Waals surface area (Å²) in [5.41, 5.74) is 1.72. The fourth-order valence-electron chi connectivity index (χ4n) is 1.99. The molecule has 2 aromatic carbocycles. The Morgan fingerprint density at radius 2 is 1.71 bits per heavy atom. The first kappa shape index (κ1) is 16.6. The Morgan fingerprint density at radius 3 is 2.38 bits per heavy atom. The minimum Gasteiger partial charge on any atom is -0.322 e. The lowest BCUT2D eigenvalue weighted by molar-refractivity contribution is 0.102. The average Bonchev–Trinajstić information content (AvgIpc) is 3.08. The van der Waals surface area contributed by atoms with Crippen molar-refractivity contribution in [3.63, 3.8) is 0 Å². The van der Waals surface area contributed by atoms with Gasteiger partial charge in [0.2, 0.25) is 0 Å². The van der Waals surface area contributed by atoms with Gasteiger partial charge < -0.3 is 5.32 Å². The predicted molar refractivity (Wildman–Crippen MR) is 104 cm³/mol. The van der Waals surface area contributed by atoms with Crippen molar-refractivity contribution in [2.75, 3.05) is 10.6 Å². The van der Waals surface area contributed by atoms with E-state index in [0.717, 1.165) is 3.57 Å². The second-order valence-electron chi connectivity index (χ2n) is 4.83. The summed E-state index contributed by atoms with van der Waals surface area (Å²) in [5.74, 6) is -0.422. The minimum absolute atomic E-state index is 0.187. The molecule has 0 saturated carbocycles. The summed E-state index contributed by atoms with van der Waals surface area (Å²) in [6.07, 6.45) is 1.63. The van der Waals surface area contributed by atoms with E-state index < -0.39 is 0 Å². The molecule has 0 radical (unpaired) electrons. The molecular formula is C17H12IN3O2S. The number of amides is 2. The number of thiazole rings is 1. The number of halogens is 1. The molecular weight excluding hydrogens is 437 g/mol. The van der Waals surface area contributed by atoms with Crippen LogP contribution in [-0.4, -0.2) is 16.8 Å². The van der Waals surface area contributed by atoms with Crippen LogP contribution in [0.5, 0.6) is 0 Å². The van der Waals surface area contributed by atoms with Gasteiger partial charge in [-0.15, -0.1) is 11.3 Å². The molecule has 0 unspecified atom stereocenters. The minimum atomic E-state index is -0.236. The summed E-state index contributed by atoms with van der Waals surface area (Å²) >= 11 is 3.52. The zero-order chi connectivity index (χ0) is 16.9. The number of nitrogens with zero attached hydrogens (tertiary/aromatic N) is 1. The molecule has 1 heterocycles. The molecule has 0 spiro atoms. The van der Waals surface area contributed by atoms with E-state index in [-0.39, 0.29) is 11.8 Å². The Kier molecular flexibility index (Phi) is 5.21. The van der Waals surface area contributed by atoms with Gasteiger partial charge in [-0.05, 0) is 65.1 Å². The van der Waals surface area contributed by atoms with Crippen LogP contribution in [0.4, 0.5) is 10.8 Å². The van der Waals surface area contributed by atoms with Gasteiger partial charge in [0.1, 0.15) is 0 Å². The third-order valence-corrected chi connectivity index (χ3v) is 4.50. The fraction of sp³-hybridized carbons (Fsp3) is 0. The van der Waals surface area contributed by atoms with E-state index in [9.17, 15) is 9.59 Å². The number of aromatic nitrogens is 1. The second-order valence-corrected chi connectivity index (χ2v) is 6.97. The molecule has 0 aliphatic heterocycles. The monoisotopic (exact) mass is 449 g/mol. The molecule has 0 aliphatic carbocycles.